The van der Waals surface area contributed by atoms with Crippen molar-refractivity contribution in [2.24, 2.45) is 0 Å². The van der Waals surface area contributed by atoms with Crippen molar-refractivity contribution in [3.8, 4) is 0 Å². The molecule has 7 heteroatoms. The SMILES string of the molecule is Cc1ccc(C(=O)Nc2ccc(N3CCN(C(=O)c4oc5ccccc5c4C)CC3)nc2)cc1. The minimum absolute atomic E-state index is 0.0736. The van der Waals surface area contributed by atoms with Crippen molar-refractivity contribution in [2.45, 2.75) is 13.8 Å². The van der Waals surface area contributed by atoms with E-state index in [0.717, 1.165) is 27.9 Å². The number of nitrogens with one attached hydrogen (secondary N) is 1. The Morgan fingerprint density at radius 2 is 1.65 bits per heavy atom. The van der Waals surface area contributed by atoms with E-state index in [1.54, 1.807) is 18.3 Å². The first-order valence-electron chi connectivity index (χ1n) is 11.4. The number of para-hydroxylation sites is 1. The summed E-state index contributed by atoms with van der Waals surface area (Å²) in [6, 6.07) is 18.9. The molecule has 34 heavy (non-hydrogen) atoms. The van der Waals surface area contributed by atoms with Gasteiger partial charge in [-0.05, 0) is 44.2 Å². The standard InChI is InChI=1S/C27H26N4O3/c1-18-7-9-20(10-8-18)26(32)29-21-11-12-24(28-17-21)30-13-15-31(16-14-30)27(33)25-19(2)22-5-3-4-6-23(22)34-25/h3-12,17H,13-16H2,1-2H3,(H,29,32). The summed E-state index contributed by atoms with van der Waals surface area (Å²) >= 11 is 0. The number of fused-ring (bicyclic) bond motifs is 1. The van der Waals surface area contributed by atoms with Gasteiger partial charge in [0.25, 0.3) is 11.8 Å². The Balaban J connectivity index is 1.20. The van der Waals surface area contributed by atoms with Crippen LogP contribution in [0.2, 0.25) is 0 Å². The summed E-state index contributed by atoms with van der Waals surface area (Å²) in [4.78, 5) is 34.0. The van der Waals surface area contributed by atoms with E-state index in [2.05, 4.69) is 15.2 Å². The monoisotopic (exact) mass is 454 g/mol. The van der Waals surface area contributed by atoms with E-state index in [-0.39, 0.29) is 11.8 Å². The van der Waals surface area contributed by atoms with Crippen LogP contribution in [-0.2, 0) is 0 Å². The quantitative estimate of drug-likeness (QED) is 0.485. The Hall–Kier alpha value is -4.13. The largest absolute Gasteiger partial charge is 0.451 e. The predicted molar refractivity (Wildman–Crippen MR) is 132 cm³/mol. The first-order valence-corrected chi connectivity index (χ1v) is 11.4. The zero-order chi connectivity index (χ0) is 23.7. The Labute approximate surface area is 198 Å². The number of benzene rings is 2. The van der Waals surface area contributed by atoms with Gasteiger partial charge in [0.15, 0.2) is 5.76 Å². The van der Waals surface area contributed by atoms with Gasteiger partial charge in [-0.3, -0.25) is 9.59 Å². The number of carbonyl (C=O) groups is 2. The van der Waals surface area contributed by atoms with Crippen LogP contribution in [0, 0.1) is 13.8 Å². The summed E-state index contributed by atoms with van der Waals surface area (Å²) in [5.74, 6) is 1.000. The topological polar surface area (TPSA) is 78.7 Å². The van der Waals surface area contributed by atoms with Crippen LogP contribution < -0.4 is 10.2 Å². The van der Waals surface area contributed by atoms with Crippen molar-refractivity contribution in [2.75, 3.05) is 36.4 Å². The maximum Gasteiger partial charge on any atom is 0.290 e. The molecule has 4 aromatic rings. The Morgan fingerprint density at radius 1 is 0.912 bits per heavy atom. The second-order valence-corrected chi connectivity index (χ2v) is 8.56. The molecule has 0 radical (unpaired) electrons. The van der Waals surface area contributed by atoms with Crippen LogP contribution in [-0.4, -0.2) is 47.9 Å². The maximum absolute atomic E-state index is 13.1. The van der Waals surface area contributed by atoms with Gasteiger partial charge in [-0.2, -0.15) is 0 Å². The Bertz CT molecular complexity index is 1330. The summed E-state index contributed by atoms with van der Waals surface area (Å²) in [7, 11) is 0. The first kappa shape index (κ1) is 21.7. The molecule has 1 saturated heterocycles. The molecule has 0 saturated carbocycles. The average Bonchev–Trinajstić information content (AvgIpc) is 3.21. The number of furan rings is 1. The van der Waals surface area contributed by atoms with E-state index in [4.69, 9.17) is 4.42 Å². The molecule has 0 atom stereocenters. The van der Waals surface area contributed by atoms with E-state index in [1.165, 1.54) is 0 Å². The van der Waals surface area contributed by atoms with Crippen molar-refractivity contribution in [1.29, 1.82) is 0 Å². The van der Waals surface area contributed by atoms with E-state index in [0.29, 0.717) is 43.2 Å². The van der Waals surface area contributed by atoms with Crippen molar-refractivity contribution in [3.63, 3.8) is 0 Å². The second kappa shape index (κ2) is 9.02. The molecule has 0 unspecified atom stereocenters. The molecule has 7 nitrogen and oxygen atoms in total. The molecule has 1 aliphatic rings. The number of amides is 2. The van der Waals surface area contributed by atoms with Gasteiger partial charge in [0.05, 0.1) is 11.9 Å². The highest BCUT2D eigenvalue weighted by molar-refractivity contribution is 6.04. The van der Waals surface area contributed by atoms with Crippen LogP contribution in [0.5, 0.6) is 0 Å². The molecule has 5 rings (SSSR count). The third kappa shape index (κ3) is 4.24. The molecule has 1 aliphatic heterocycles. The van der Waals surface area contributed by atoms with Gasteiger partial charge >= 0.3 is 0 Å². The smallest absolute Gasteiger partial charge is 0.290 e. The maximum atomic E-state index is 13.1. The average molecular weight is 455 g/mol. The molecule has 2 aromatic carbocycles. The van der Waals surface area contributed by atoms with Crippen molar-refractivity contribution >= 4 is 34.3 Å². The van der Waals surface area contributed by atoms with Gasteiger partial charge in [-0.1, -0.05) is 35.9 Å². The number of aromatic nitrogens is 1. The second-order valence-electron chi connectivity index (χ2n) is 8.56. The fourth-order valence-corrected chi connectivity index (χ4v) is 4.22. The summed E-state index contributed by atoms with van der Waals surface area (Å²) in [6.45, 7) is 6.43. The lowest BCUT2D eigenvalue weighted by atomic mass is 10.1. The third-order valence-electron chi connectivity index (χ3n) is 6.25. The number of aryl methyl sites for hydroxylation is 2. The summed E-state index contributed by atoms with van der Waals surface area (Å²) in [5, 5.41) is 3.86. The minimum Gasteiger partial charge on any atom is -0.451 e. The molecular formula is C27H26N4O3. The van der Waals surface area contributed by atoms with Gasteiger partial charge in [-0.15, -0.1) is 0 Å². The number of hydrogen-bond acceptors (Lipinski definition) is 5. The molecular weight excluding hydrogens is 428 g/mol. The number of nitrogens with zero attached hydrogens (tertiary/aromatic N) is 3. The third-order valence-corrected chi connectivity index (χ3v) is 6.25. The lowest BCUT2D eigenvalue weighted by Crippen LogP contribution is -2.49. The van der Waals surface area contributed by atoms with Crippen LogP contribution in [0.25, 0.3) is 11.0 Å². The molecule has 2 aromatic heterocycles. The van der Waals surface area contributed by atoms with Gasteiger partial charge in [-0.25, -0.2) is 4.98 Å². The highest BCUT2D eigenvalue weighted by Gasteiger charge is 2.27. The van der Waals surface area contributed by atoms with Gasteiger partial charge in [0.2, 0.25) is 0 Å². The fourth-order valence-electron chi connectivity index (χ4n) is 4.22. The number of carbonyl (C=O) groups excluding carboxylic acids is 2. The zero-order valence-electron chi connectivity index (χ0n) is 19.2. The van der Waals surface area contributed by atoms with Gasteiger partial charge in [0, 0.05) is 42.7 Å². The van der Waals surface area contributed by atoms with E-state index in [1.807, 2.05) is 67.3 Å². The van der Waals surface area contributed by atoms with Crippen molar-refractivity contribution in [3.05, 3.63) is 89.3 Å². The Kier molecular flexibility index (Phi) is 5.76. The predicted octanol–water partition coefficient (Wildman–Crippen LogP) is 4.66. The molecule has 0 aliphatic carbocycles. The lowest BCUT2D eigenvalue weighted by molar-refractivity contribution is 0.0715. The number of pyridine rings is 1. The van der Waals surface area contributed by atoms with Crippen molar-refractivity contribution in [1.82, 2.24) is 9.88 Å². The number of hydrogen-bond donors (Lipinski definition) is 1. The van der Waals surface area contributed by atoms with Crippen LogP contribution in [0.15, 0.2) is 71.3 Å². The summed E-state index contributed by atoms with van der Waals surface area (Å²) < 4.78 is 5.86. The van der Waals surface area contributed by atoms with Crippen LogP contribution >= 0.6 is 0 Å². The van der Waals surface area contributed by atoms with Crippen molar-refractivity contribution < 1.29 is 14.0 Å². The zero-order valence-corrected chi connectivity index (χ0v) is 19.2. The minimum atomic E-state index is -0.164. The van der Waals surface area contributed by atoms with Crippen LogP contribution in [0.1, 0.15) is 32.0 Å². The molecule has 1 fully saturated rings. The van der Waals surface area contributed by atoms with Crippen LogP contribution in [0.4, 0.5) is 11.5 Å². The Morgan fingerprint density at radius 3 is 2.32 bits per heavy atom. The van der Waals surface area contributed by atoms with Gasteiger partial charge < -0.3 is 19.5 Å². The summed E-state index contributed by atoms with van der Waals surface area (Å²) in [6.07, 6.45) is 1.66. The van der Waals surface area contributed by atoms with E-state index in [9.17, 15) is 9.59 Å². The first-order chi connectivity index (χ1) is 16.5. The normalized spacial score (nSPS) is 13.8. The molecule has 2 amide bonds. The molecule has 0 bridgehead atoms. The highest BCUT2D eigenvalue weighted by Crippen LogP contribution is 2.26. The fraction of sp³-hybridized carbons (Fsp3) is 0.222. The summed E-state index contributed by atoms with van der Waals surface area (Å²) in [5.41, 5.74) is 3.98. The highest BCUT2D eigenvalue weighted by atomic mass is 16.3. The molecule has 3 heterocycles. The lowest BCUT2D eigenvalue weighted by Gasteiger charge is -2.35. The number of piperazine rings is 1. The van der Waals surface area contributed by atoms with E-state index < -0.39 is 0 Å². The number of rotatable bonds is 4. The molecule has 172 valence electrons. The van der Waals surface area contributed by atoms with E-state index >= 15 is 0 Å². The van der Waals surface area contributed by atoms with Gasteiger partial charge in [0.1, 0.15) is 11.4 Å². The van der Waals surface area contributed by atoms with Crippen LogP contribution in [0.3, 0.4) is 0 Å². The molecule has 0 spiro atoms. The number of anilines is 2. The molecule has 1 N–H and O–H groups in total.